The number of esters is 1. The zero-order valence-corrected chi connectivity index (χ0v) is 12.9. The summed E-state index contributed by atoms with van der Waals surface area (Å²) in [6, 6.07) is 5.81. The maximum absolute atomic E-state index is 13.5. The average Bonchev–Trinajstić information content (AvgIpc) is 2.60. The van der Waals surface area contributed by atoms with Gasteiger partial charge >= 0.3 is 5.97 Å². The second-order valence-electron chi connectivity index (χ2n) is 4.86. The molecule has 0 aliphatic heterocycles. The van der Waals surface area contributed by atoms with E-state index in [1.54, 1.807) is 0 Å². The van der Waals surface area contributed by atoms with Crippen molar-refractivity contribution in [2.24, 2.45) is 0 Å². The van der Waals surface area contributed by atoms with E-state index in [0.717, 1.165) is 18.2 Å². The Bertz CT molecular complexity index is 854. The standard InChI is InChI=1S/C16H12F2N2O5/c1-19-14-5-3-10(20(23)24)7-12(14)16(22)25-8-15(21)11-6-9(17)2-4-13(11)18/h2-7,19H,8H2,1H3. The molecule has 0 atom stereocenters. The highest BCUT2D eigenvalue weighted by atomic mass is 19.1. The lowest BCUT2D eigenvalue weighted by Gasteiger charge is -2.09. The summed E-state index contributed by atoms with van der Waals surface area (Å²) in [5.41, 5.74) is -0.807. The third kappa shape index (κ3) is 4.14. The number of rotatable bonds is 6. The van der Waals surface area contributed by atoms with E-state index >= 15 is 0 Å². The number of benzene rings is 2. The lowest BCUT2D eigenvalue weighted by Crippen LogP contribution is -2.16. The molecule has 0 spiro atoms. The van der Waals surface area contributed by atoms with Gasteiger partial charge in [-0.25, -0.2) is 13.6 Å². The Labute approximate surface area is 140 Å². The topological polar surface area (TPSA) is 98.5 Å². The van der Waals surface area contributed by atoms with Crippen LogP contribution >= 0.6 is 0 Å². The number of nitro benzene ring substituents is 1. The molecule has 0 aromatic heterocycles. The summed E-state index contributed by atoms with van der Waals surface area (Å²) in [6.07, 6.45) is 0. The maximum Gasteiger partial charge on any atom is 0.340 e. The monoisotopic (exact) mass is 350 g/mol. The van der Waals surface area contributed by atoms with Gasteiger partial charge in [0.05, 0.1) is 16.1 Å². The molecular formula is C16H12F2N2O5. The number of nitro groups is 1. The van der Waals surface area contributed by atoms with Crippen LogP contribution in [0.25, 0.3) is 0 Å². The van der Waals surface area contributed by atoms with Gasteiger partial charge in [-0.3, -0.25) is 14.9 Å². The fourth-order valence-electron chi connectivity index (χ4n) is 2.03. The first-order valence-corrected chi connectivity index (χ1v) is 6.95. The van der Waals surface area contributed by atoms with Crippen molar-refractivity contribution in [2.45, 2.75) is 0 Å². The smallest absolute Gasteiger partial charge is 0.340 e. The minimum Gasteiger partial charge on any atom is -0.454 e. The van der Waals surface area contributed by atoms with Gasteiger partial charge < -0.3 is 10.1 Å². The summed E-state index contributed by atoms with van der Waals surface area (Å²) in [6.45, 7) is -0.842. The van der Waals surface area contributed by atoms with E-state index in [2.05, 4.69) is 5.32 Å². The Morgan fingerprint density at radius 3 is 2.52 bits per heavy atom. The van der Waals surface area contributed by atoms with Crippen LogP contribution in [0.4, 0.5) is 20.2 Å². The molecule has 2 rings (SSSR count). The van der Waals surface area contributed by atoms with Gasteiger partial charge in [-0.2, -0.15) is 0 Å². The first-order chi connectivity index (χ1) is 11.8. The van der Waals surface area contributed by atoms with Crippen LogP contribution in [0.2, 0.25) is 0 Å². The van der Waals surface area contributed by atoms with Crippen molar-refractivity contribution in [2.75, 3.05) is 19.0 Å². The minimum absolute atomic E-state index is 0.163. The number of hydrogen-bond acceptors (Lipinski definition) is 6. The van der Waals surface area contributed by atoms with E-state index in [-0.39, 0.29) is 16.9 Å². The molecule has 2 aromatic carbocycles. The molecular weight excluding hydrogens is 338 g/mol. The van der Waals surface area contributed by atoms with Gasteiger partial charge in [0, 0.05) is 24.9 Å². The van der Waals surface area contributed by atoms with Crippen molar-refractivity contribution < 1.29 is 28.0 Å². The summed E-state index contributed by atoms with van der Waals surface area (Å²) >= 11 is 0. The number of hydrogen-bond donors (Lipinski definition) is 1. The molecule has 0 unspecified atom stereocenters. The van der Waals surface area contributed by atoms with Gasteiger partial charge in [-0.1, -0.05) is 0 Å². The van der Waals surface area contributed by atoms with Crippen LogP contribution in [0.5, 0.6) is 0 Å². The number of carbonyl (C=O) groups excluding carboxylic acids is 2. The number of ether oxygens (including phenoxy) is 1. The summed E-state index contributed by atoms with van der Waals surface area (Å²) in [5, 5.41) is 13.5. The Morgan fingerprint density at radius 2 is 1.88 bits per heavy atom. The number of nitrogens with zero attached hydrogens (tertiary/aromatic N) is 1. The zero-order chi connectivity index (χ0) is 18.6. The third-order valence-electron chi connectivity index (χ3n) is 3.27. The fourth-order valence-corrected chi connectivity index (χ4v) is 2.03. The molecule has 0 saturated heterocycles. The van der Waals surface area contributed by atoms with Crippen molar-refractivity contribution >= 4 is 23.1 Å². The zero-order valence-electron chi connectivity index (χ0n) is 12.9. The van der Waals surface area contributed by atoms with E-state index in [9.17, 15) is 28.5 Å². The number of non-ortho nitro benzene ring substituents is 1. The lowest BCUT2D eigenvalue weighted by molar-refractivity contribution is -0.384. The number of halogens is 2. The molecule has 0 bridgehead atoms. The van der Waals surface area contributed by atoms with E-state index in [4.69, 9.17) is 4.74 Å². The highest BCUT2D eigenvalue weighted by Gasteiger charge is 2.20. The number of ketones is 1. The van der Waals surface area contributed by atoms with E-state index in [1.807, 2.05) is 0 Å². The summed E-state index contributed by atoms with van der Waals surface area (Å²) in [7, 11) is 1.49. The largest absolute Gasteiger partial charge is 0.454 e. The molecule has 0 amide bonds. The first kappa shape index (κ1) is 18.0. The highest BCUT2D eigenvalue weighted by molar-refractivity contribution is 6.01. The lowest BCUT2D eigenvalue weighted by atomic mass is 10.1. The second-order valence-corrected chi connectivity index (χ2v) is 4.86. The second kappa shape index (κ2) is 7.47. The van der Waals surface area contributed by atoms with Crippen molar-refractivity contribution in [1.82, 2.24) is 0 Å². The molecule has 7 nitrogen and oxygen atoms in total. The SMILES string of the molecule is CNc1ccc([N+](=O)[O-])cc1C(=O)OCC(=O)c1cc(F)ccc1F. The fraction of sp³-hybridized carbons (Fsp3) is 0.125. The molecule has 0 heterocycles. The van der Waals surface area contributed by atoms with Crippen LogP contribution < -0.4 is 5.32 Å². The predicted molar refractivity (Wildman–Crippen MR) is 83.6 cm³/mol. The molecule has 9 heteroatoms. The van der Waals surface area contributed by atoms with Crippen LogP contribution in [-0.2, 0) is 4.74 Å². The molecule has 130 valence electrons. The van der Waals surface area contributed by atoms with Crippen molar-refractivity contribution in [3.63, 3.8) is 0 Å². The van der Waals surface area contributed by atoms with Gasteiger partial charge in [0.1, 0.15) is 11.6 Å². The van der Waals surface area contributed by atoms with Gasteiger partial charge in [-0.05, 0) is 24.3 Å². The van der Waals surface area contributed by atoms with E-state index in [0.29, 0.717) is 6.07 Å². The van der Waals surface area contributed by atoms with Crippen LogP contribution in [0.3, 0.4) is 0 Å². The Hall–Kier alpha value is -3.36. The quantitative estimate of drug-likeness (QED) is 0.372. The molecule has 25 heavy (non-hydrogen) atoms. The Kier molecular flexibility index (Phi) is 5.38. The van der Waals surface area contributed by atoms with Crippen LogP contribution in [-0.4, -0.2) is 30.3 Å². The molecule has 1 N–H and O–H groups in total. The Balaban J connectivity index is 2.17. The summed E-state index contributed by atoms with van der Waals surface area (Å²) in [4.78, 5) is 34.1. The van der Waals surface area contributed by atoms with Crippen molar-refractivity contribution in [1.29, 1.82) is 0 Å². The van der Waals surface area contributed by atoms with Gasteiger partial charge in [0.2, 0.25) is 5.78 Å². The maximum atomic E-state index is 13.5. The van der Waals surface area contributed by atoms with Crippen LogP contribution in [0.1, 0.15) is 20.7 Å². The number of carbonyl (C=O) groups is 2. The molecule has 2 aromatic rings. The number of nitrogens with one attached hydrogen (secondary N) is 1. The molecule has 0 fully saturated rings. The Morgan fingerprint density at radius 1 is 1.16 bits per heavy atom. The number of anilines is 1. The van der Waals surface area contributed by atoms with Crippen molar-refractivity contribution in [3.05, 3.63) is 69.3 Å². The summed E-state index contributed by atoms with van der Waals surface area (Å²) < 4.78 is 31.4. The van der Waals surface area contributed by atoms with Gasteiger partial charge in [0.25, 0.3) is 5.69 Å². The molecule has 0 radical (unpaired) electrons. The normalized spacial score (nSPS) is 10.2. The molecule has 0 saturated carbocycles. The summed E-state index contributed by atoms with van der Waals surface area (Å²) in [5.74, 6) is -3.72. The van der Waals surface area contributed by atoms with Crippen molar-refractivity contribution in [3.8, 4) is 0 Å². The average molecular weight is 350 g/mol. The minimum atomic E-state index is -1.02. The van der Waals surface area contributed by atoms with Crippen LogP contribution in [0.15, 0.2) is 36.4 Å². The third-order valence-corrected chi connectivity index (χ3v) is 3.27. The highest BCUT2D eigenvalue weighted by Crippen LogP contribution is 2.22. The van der Waals surface area contributed by atoms with Gasteiger partial charge in [0.15, 0.2) is 6.61 Å². The van der Waals surface area contributed by atoms with E-state index < -0.39 is 40.5 Å². The molecule has 0 aliphatic rings. The number of Topliss-reactive ketones (excluding diaryl/α,β-unsaturated/α-hetero) is 1. The van der Waals surface area contributed by atoms with Crippen LogP contribution in [0, 0.1) is 21.7 Å². The molecule has 0 aliphatic carbocycles. The first-order valence-electron chi connectivity index (χ1n) is 6.95. The predicted octanol–water partition coefficient (Wildman–Crippen LogP) is 2.95. The van der Waals surface area contributed by atoms with Gasteiger partial charge in [-0.15, -0.1) is 0 Å². The van der Waals surface area contributed by atoms with E-state index in [1.165, 1.54) is 19.2 Å².